The molecular formula is C13H18N4O. The van der Waals surface area contributed by atoms with Crippen molar-refractivity contribution in [3.63, 3.8) is 0 Å². The van der Waals surface area contributed by atoms with Crippen LogP contribution in [0.3, 0.4) is 0 Å². The van der Waals surface area contributed by atoms with E-state index in [1.165, 1.54) is 12.8 Å². The second-order valence-corrected chi connectivity index (χ2v) is 5.26. The highest BCUT2D eigenvalue weighted by molar-refractivity contribution is 5.77. The lowest BCUT2D eigenvalue weighted by Crippen LogP contribution is -2.41. The summed E-state index contributed by atoms with van der Waals surface area (Å²) in [5.74, 6) is 1.33. The maximum absolute atomic E-state index is 11.3. The summed E-state index contributed by atoms with van der Waals surface area (Å²) >= 11 is 0. The zero-order chi connectivity index (χ0) is 12.5. The van der Waals surface area contributed by atoms with Crippen molar-refractivity contribution in [1.82, 2.24) is 9.97 Å². The number of piperidine rings is 1. The Morgan fingerprint density at radius 3 is 2.89 bits per heavy atom. The second kappa shape index (κ2) is 4.55. The molecule has 5 nitrogen and oxygen atoms in total. The molecule has 2 fully saturated rings. The molecule has 18 heavy (non-hydrogen) atoms. The van der Waals surface area contributed by atoms with Crippen molar-refractivity contribution in [2.45, 2.75) is 31.6 Å². The Morgan fingerprint density at radius 1 is 1.33 bits per heavy atom. The number of carbonyl (C=O) groups is 1. The van der Waals surface area contributed by atoms with E-state index in [-0.39, 0.29) is 11.8 Å². The van der Waals surface area contributed by atoms with Gasteiger partial charge in [0.15, 0.2) is 0 Å². The molecule has 1 saturated carbocycles. The van der Waals surface area contributed by atoms with Gasteiger partial charge >= 0.3 is 0 Å². The lowest BCUT2D eigenvalue weighted by molar-refractivity contribution is -0.122. The monoisotopic (exact) mass is 246 g/mol. The van der Waals surface area contributed by atoms with E-state index in [0.717, 1.165) is 30.9 Å². The number of amides is 1. The lowest BCUT2D eigenvalue weighted by Gasteiger charge is -2.32. The predicted octanol–water partition coefficient (Wildman–Crippen LogP) is 1.06. The van der Waals surface area contributed by atoms with Crippen LogP contribution in [0.15, 0.2) is 12.4 Å². The molecule has 1 atom stereocenters. The summed E-state index contributed by atoms with van der Waals surface area (Å²) in [4.78, 5) is 22.1. The normalized spacial score (nSPS) is 24.0. The van der Waals surface area contributed by atoms with E-state index in [1.54, 1.807) is 6.33 Å². The van der Waals surface area contributed by atoms with E-state index < -0.39 is 0 Å². The van der Waals surface area contributed by atoms with Crippen LogP contribution in [0.1, 0.15) is 37.3 Å². The SMILES string of the molecule is NC(=O)C1CCCN(c2cc(C3CC3)ncn2)C1. The molecule has 0 radical (unpaired) electrons. The predicted molar refractivity (Wildman–Crippen MR) is 68.1 cm³/mol. The maximum Gasteiger partial charge on any atom is 0.222 e. The van der Waals surface area contributed by atoms with E-state index in [4.69, 9.17) is 5.73 Å². The first kappa shape index (κ1) is 11.4. The fourth-order valence-corrected chi connectivity index (χ4v) is 2.55. The third-order valence-corrected chi connectivity index (χ3v) is 3.82. The Kier molecular flexibility index (Phi) is 2.89. The number of nitrogens with zero attached hydrogens (tertiary/aromatic N) is 3. The summed E-state index contributed by atoms with van der Waals surface area (Å²) in [7, 11) is 0. The molecular weight excluding hydrogens is 228 g/mol. The smallest absolute Gasteiger partial charge is 0.222 e. The summed E-state index contributed by atoms with van der Waals surface area (Å²) in [6, 6.07) is 2.07. The highest BCUT2D eigenvalue weighted by Crippen LogP contribution is 2.39. The lowest BCUT2D eigenvalue weighted by atomic mass is 9.97. The van der Waals surface area contributed by atoms with Crippen LogP contribution in [-0.2, 0) is 4.79 Å². The molecule has 2 heterocycles. The fourth-order valence-electron chi connectivity index (χ4n) is 2.55. The number of rotatable bonds is 3. The third-order valence-electron chi connectivity index (χ3n) is 3.82. The molecule has 0 aromatic carbocycles. The van der Waals surface area contributed by atoms with E-state index in [9.17, 15) is 4.79 Å². The zero-order valence-corrected chi connectivity index (χ0v) is 10.4. The largest absolute Gasteiger partial charge is 0.369 e. The van der Waals surface area contributed by atoms with Crippen LogP contribution in [0.2, 0.25) is 0 Å². The van der Waals surface area contributed by atoms with E-state index in [2.05, 4.69) is 20.9 Å². The minimum atomic E-state index is -0.198. The molecule has 0 bridgehead atoms. The standard InChI is InChI=1S/C13H18N4O/c14-13(18)10-2-1-5-17(7-10)12-6-11(9-3-4-9)15-8-16-12/h6,8-10H,1-5,7H2,(H2,14,18). The van der Waals surface area contributed by atoms with Crippen LogP contribution in [0, 0.1) is 5.92 Å². The van der Waals surface area contributed by atoms with Crippen molar-refractivity contribution in [1.29, 1.82) is 0 Å². The molecule has 1 aromatic rings. The topological polar surface area (TPSA) is 72.1 Å². The van der Waals surface area contributed by atoms with Crippen LogP contribution in [-0.4, -0.2) is 29.0 Å². The van der Waals surface area contributed by atoms with E-state index in [0.29, 0.717) is 12.5 Å². The van der Waals surface area contributed by atoms with Gasteiger partial charge in [-0.2, -0.15) is 0 Å². The Bertz CT molecular complexity index is 458. The Hall–Kier alpha value is -1.65. The highest BCUT2D eigenvalue weighted by atomic mass is 16.1. The number of anilines is 1. The molecule has 5 heteroatoms. The third kappa shape index (κ3) is 2.30. The number of primary amides is 1. The maximum atomic E-state index is 11.3. The summed E-state index contributed by atoms with van der Waals surface area (Å²) in [5.41, 5.74) is 6.54. The second-order valence-electron chi connectivity index (χ2n) is 5.26. The molecule has 0 spiro atoms. The van der Waals surface area contributed by atoms with Crippen molar-refractivity contribution >= 4 is 11.7 Å². The number of carbonyl (C=O) groups excluding carboxylic acids is 1. The quantitative estimate of drug-likeness (QED) is 0.865. The van der Waals surface area contributed by atoms with Crippen LogP contribution in [0.4, 0.5) is 5.82 Å². The number of aromatic nitrogens is 2. The Labute approximate surface area is 106 Å². The van der Waals surface area contributed by atoms with Crippen LogP contribution >= 0.6 is 0 Å². The molecule has 2 aliphatic rings. The van der Waals surface area contributed by atoms with Gasteiger partial charge in [-0.05, 0) is 25.7 Å². The molecule has 1 aliphatic carbocycles. The summed E-state index contributed by atoms with van der Waals surface area (Å²) in [6.45, 7) is 1.64. The van der Waals surface area contributed by atoms with E-state index in [1.807, 2.05) is 0 Å². The molecule has 1 saturated heterocycles. The molecule has 1 amide bonds. The summed E-state index contributed by atoms with van der Waals surface area (Å²) in [5, 5.41) is 0. The van der Waals surface area contributed by atoms with Gasteiger partial charge in [-0.25, -0.2) is 9.97 Å². The van der Waals surface area contributed by atoms with Crippen LogP contribution in [0.5, 0.6) is 0 Å². The van der Waals surface area contributed by atoms with Crippen LogP contribution in [0.25, 0.3) is 0 Å². The van der Waals surface area contributed by atoms with Gasteiger partial charge in [0.1, 0.15) is 12.1 Å². The number of hydrogen-bond donors (Lipinski definition) is 1. The number of hydrogen-bond acceptors (Lipinski definition) is 4. The highest BCUT2D eigenvalue weighted by Gasteiger charge is 2.28. The summed E-state index contributed by atoms with van der Waals surface area (Å²) < 4.78 is 0. The van der Waals surface area contributed by atoms with Crippen molar-refractivity contribution in [3.8, 4) is 0 Å². The number of nitrogens with two attached hydrogens (primary N) is 1. The van der Waals surface area contributed by atoms with Gasteiger partial charge in [0, 0.05) is 30.8 Å². The molecule has 96 valence electrons. The summed E-state index contributed by atoms with van der Waals surface area (Å²) in [6.07, 6.45) is 6.00. The van der Waals surface area contributed by atoms with Gasteiger partial charge in [0.2, 0.25) is 5.91 Å². The van der Waals surface area contributed by atoms with Crippen molar-refractivity contribution < 1.29 is 4.79 Å². The first-order valence-electron chi connectivity index (χ1n) is 6.60. The average molecular weight is 246 g/mol. The minimum absolute atomic E-state index is 0.0434. The molecule has 1 aromatic heterocycles. The average Bonchev–Trinajstić information content (AvgIpc) is 3.23. The Balaban J connectivity index is 1.76. The Morgan fingerprint density at radius 2 is 2.17 bits per heavy atom. The fraction of sp³-hybridized carbons (Fsp3) is 0.615. The molecule has 1 unspecified atom stereocenters. The van der Waals surface area contributed by atoms with Gasteiger partial charge in [0.05, 0.1) is 5.92 Å². The van der Waals surface area contributed by atoms with Crippen molar-refractivity contribution in [3.05, 3.63) is 18.1 Å². The van der Waals surface area contributed by atoms with Crippen molar-refractivity contribution in [2.24, 2.45) is 11.7 Å². The molecule has 2 N–H and O–H groups in total. The molecule has 3 rings (SSSR count). The minimum Gasteiger partial charge on any atom is -0.369 e. The van der Waals surface area contributed by atoms with E-state index >= 15 is 0 Å². The van der Waals surface area contributed by atoms with Gasteiger partial charge in [-0.3, -0.25) is 4.79 Å². The van der Waals surface area contributed by atoms with Gasteiger partial charge in [-0.1, -0.05) is 0 Å². The van der Waals surface area contributed by atoms with Crippen LogP contribution < -0.4 is 10.6 Å². The van der Waals surface area contributed by atoms with Gasteiger partial charge in [-0.15, -0.1) is 0 Å². The van der Waals surface area contributed by atoms with Crippen molar-refractivity contribution in [2.75, 3.05) is 18.0 Å². The first-order chi connectivity index (χ1) is 8.74. The van der Waals surface area contributed by atoms with Gasteiger partial charge < -0.3 is 10.6 Å². The first-order valence-corrected chi connectivity index (χ1v) is 6.60. The molecule has 1 aliphatic heterocycles. The zero-order valence-electron chi connectivity index (χ0n) is 10.4. The van der Waals surface area contributed by atoms with Gasteiger partial charge in [0.25, 0.3) is 0 Å².